The summed E-state index contributed by atoms with van der Waals surface area (Å²) in [5.41, 5.74) is 24.1. The lowest BCUT2D eigenvalue weighted by molar-refractivity contribution is 0.660. The van der Waals surface area contributed by atoms with E-state index in [0.717, 1.165) is 47.0 Å². The summed E-state index contributed by atoms with van der Waals surface area (Å²) in [5.74, 6) is 0. The van der Waals surface area contributed by atoms with Gasteiger partial charge in [-0.15, -0.1) is 0 Å². The van der Waals surface area contributed by atoms with Gasteiger partial charge in [0.1, 0.15) is 0 Å². The molecule has 0 saturated carbocycles. The van der Waals surface area contributed by atoms with Gasteiger partial charge in [0.2, 0.25) is 0 Å². The highest BCUT2D eigenvalue weighted by Crippen LogP contribution is 2.53. The fourth-order valence-electron chi connectivity index (χ4n) is 11.3. The third kappa shape index (κ3) is 8.21. The Morgan fingerprint density at radius 3 is 1.18 bits per heavy atom. The number of hydrogen-bond donors (Lipinski definition) is 0. The van der Waals surface area contributed by atoms with Gasteiger partial charge in [0.15, 0.2) is 0 Å². The minimum absolute atomic E-state index is 0.276. The van der Waals surface area contributed by atoms with E-state index in [2.05, 4.69) is 291 Å². The summed E-state index contributed by atoms with van der Waals surface area (Å²) >= 11 is 0. The fourth-order valence-corrected chi connectivity index (χ4v) is 11.3. The van der Waals surface area contributed by atoms with Gasteiger partial charge in [0, 0.05) is 39.5 Å². The molecule has 0 N–H and O–H groups in total. The molecule has 11 aromatic rings. The first-order valence-electron chi connectivity index (χ1n) is 25.6. The molecular weight excluding hydrogens is 881 g/mol. The van der Waals surface area contributed by atoms with Gasteiger partial charge >= 0.3 is 0 Å². The topological polar surface area (TPSA) is 6.48 Å². The summed E-state index contributed by atoms with van der Waals surface area (Å²) in [4.78, 5) is 4.87. The van der Waals surface area contributed by atoms with Crippen LogP contribution in [-0.2, 0) is 11.8 Å². The predicted molar refractivity (Wildman–Crippen MR) is 310 cm³/mol. The van der Waals surface area contributed by atoms with Crippen LogP contribution in [0.25, 0.3) is 72.5 Å². The fraction of sp³-hybridized carbons (Fsp3) is 0.0704. The Balaban J connectivity index is 0.856. The molecule has 0 aromatic heterocycles. The van der Waals surface area contributed by atoms with Crippen molar-refractivity contribution in [2.45, 2.75) is 32.1 Å². The maximum atomic E-state index is 2.45. The molecule has 0 spiro atoms. The Kier molecular flexibility index (Phi) is 11.0. The molecule has 13 rings (SSSR count). The number of anilines is 6. The molecule has 0 fully saturated rings. The van der Waals surface area contributed by atoms with Crippen LogP contribution in [0.15, 0.2) is 261 Å². The Morgan fingerprint density at radius 1 is 0.315 bits per heavy atom. The van der Waals surface area contributed by atoms with E-state index in [9.17, 15) is 0 Å². The van der Waals surface area contributed by atoms with Gasteiger partial charge in [0.05, 0.1) is 0 Å². The van der Waals surface area contributed by atoms with Crippen molar-refractivity contribution in [3.05, 3.63) is 283 Å². The van der Waals surface area contributed by atoms with Crippen LogP contribution in [-0.4, -0.2) is 0 Å². The first-order chi connectivity index (χ1) is 35.9. The zero-order chi connectivity index (χ0) is 48.9. The van der Waals surface area contributed by atoms with E-state index in [0.29, 0.717) is 0 Å². The summed E-state index contributed by atoms with van der Waals surface area (Å²) in [7, 11) is 0. The molecular formula is C71H54N2. The van der Waals surface area contributed by atoms with Crippen molar-refractivity contribution in [1.82, 2.24) is 0 Å². The van der Waals surface area contributed by atoms with Crippen molar-refractivity contribution >= 4 is 51.0 Å². The largest absolute Gasteiger partial charge is 0.310 e. The molecule has 348 valence electrons. The van der Waals surface area contributed by atoms with Gasteiger partial charge in [-0.3, -0.25) is 0 Å². The Hall–Kier alpha value is -8.98. The van der Waals surface area contributed by atoms with E-state index in [1.54, 1.807) is 0 Å². The smallest absolute Gasteiger partial charge is 0.0468 e. The van der Waals surface area contributed by atoms with Crippen LogP contribution in [0.3, 0.4) is 0 Å². The number of benzene rings is 11. The van der Waals surface area contributed by atoms with Gasteiger partial charge in [-0.1, -0.05) is 208 Å². The van der Waals surface area contributed by atoms with E-state index in [1.165, 1.54) is 88.7 Å². The van der Waals surface area contributed by atoms with Crippen molar-refractivity contribution in [1.29, 1.82) is 0 Å². The molecule has 0 atom stereocenters. The summed E-state index contributed by atoms with van der Waals surface area (Å²) in [6.45, 7) is 4.80. The van der Waals surface area contributed by atoms with E-state index >= 15 is 0 Å². The molecule has 73 heavy (non-hydrogen) atoms. The molecule has 2 aliphatic rings. The van der Waals surface area contributed by atoms with Gasteiger partial charge in [-0.25, -0.2) is 0 Å². The highest BCUT2D eigenvalue weighted by atomic mass is 15.1. The van der Waals surface area contributed by atoms with Crippen LogP contribution < -0.4 is 9.80 Å². The maximum Gasteiger partial charge on any atom is 0.0468 e. The van der Waals surface area contributed by atoms with Crippen molar-refractivity contribution in [3.63, 3.8) is 0 Å². The first kappa shape index (κ1) is 44.0. The summed E-state index contributed by atoms with van der Waals surface area (Å²) in [6.07, 6.45) is 6.76. The molecule has 0 radical (unpaired) electrons. The molecule has 11 aromatic carbocycles. The van der Waals surface area contributed by atoms with Crippen LogP contribution in [0.2, 0.25) is 0 Å². The highest BCUT2D eigenvalue weighted by molar-refractivity contribution is 5.92. The molecule has 0 bridgehead atoms. The molecule has 2 aliphatic carbocycles. The van der Waals surface area contributed by atoms with Crippen molar-refractivity contribution in [2.75, 3.05) is 9.80 Å². The van der Waals surface area contributed by atoms with Gasteiger partial charge < -0.3 is 9.80 Å². The number of fused-ring (bicyclic) bond motifs is 5. The average molecular weight is 935 g/mol. The normalized spacial score (nSPS) is 13.0. The van der Waals surface area contributed by atoms with E-state index in [1.807, 2.05) is 0 Å². The number of rotatable bonds is 10. The minimum Gasteiger partial charge on any atom is -0.310 e. The minimum atomic E-state index is -0.276. The van der Waals surface area contributed by atoms with Crippen molar-refractivity contribution < 1.29 is 0 Å². The van der Waals surface area contributed by atoms with Crippen LogP contribution >= 0.6 is 0 Å². The predicted octanol–water partition coefficient (Wildman–Crippen LogP) is 19.7. The van der Waals surface area contributed by atoms with Gasteiger partial charge in [-0.2, -0.15) is 0 Å². The zero-order valence-corrected chi connectivity index (χ0v) is 41.2. The molecule has 0 aliphatic heterocycles. The first-order valence-corrected chi connectivity index (χ1v) is 25.6. The number of allylic oxidation sites excluding steroid dienone is 1. The van der Waals surface area contributed by atoms with E-state index < -0.39 is 0 Å². The quantitative estimate of drug-likeness (QED) is 0.135. The number of aryl methyl sites for hydroxylation is 1. The van der Waals surface area contributed by atoms with Crippen LogP contribution in [0.1, 0.15) is 42.5 Å². The van der Waals surface area contributed by atoms with Gasteiger partial charge in [-0.05, 0) is 174 Å². The van der Waals surface area contributed by atoms with E-state index in [4.69, 9.17) is 0 Å². The average Bonchev–Trinajstić information content (AvgIpc) is 3.68. The molecule has 0 saturated heterocycles. The third-order valence-corrected chi connectivity index (χ3v) is 15.3. The van der Waals surface area contributed by atoms with Crippen LogP contribution in [0, 0.1) is 0 Å². The monoisotopic (exact) mass is 934 g/mol. The second-order valence-corrected chi connectivity index (χ2v) is 20.1. The maximum absolute atomic E-state index is 2.45. The lowest BCUT2D eigenvalue weighted by atomic mass is 9.82. The number of hydrogen-bond acceptors (Lipinski definition) is 2. The molecule has 2 nitrogen and oxygen atoms in total. The van der Waals surface area contributed by atoms with Gasteiger partial charge in [0.25, 0.3) is 0 Å². The Labute approximate surface area is 429 Å². The van der Waals surface area contributed by atoms with E-state index in [-0.39, 0.29) is 5.41 Å². The second kappa shape index (κ2) is 18.3. The van der Waals surface area contributed by atoms with Crippen molar-refractivity contribution in [3.8, 4) is 55.6 Å². The highest BCUT2D eigenvalue weighted by Gasteiger charge is 2.37. The summed E-state index contributed by atoms with van der Waals surface area (Å²) < 4.78 is 0. The summed E-state index contributed by atoms with van der Waals surface area (Å²) in [6, 6.07) is 93.9. The lowest BCUT2D eigenvalue weighted by Gasteiger charge is -2.30. The Bertz CT molecular complexity index is 3830. The molecule has 0 amide bonds. The van der Waals surface area contributed by atoms with Crippen molar-refractivity contribution in [2.24, 2.45) is 0 Å². The Morgan fingerprint density at radius 2 is 0.685 bits per heavy atom. The SMILES string of the molecule is CC1(C)c2cc(N(c3ccc(-c4ccc(-c5ccccc5)cc4)cc3)c3ccc4c(c3)C=CCC4)ccc2-c2ccc(N(c3ccc(-c4ccc(-c5ccccc5)cc4)cc3)c3ccc4ccccc4c3)cc21. The molecule has 2 heteroatoms. The zero-order valence-electron chi connectivity index (χ0n) is 41.2. The second-order valence-electron chi connectivity index (χ2n) is 20.1. The standard InChI is InChI=1S/C71H54N2/c1-71(2)69-47-65(72(63-39-33-51-17-9-11-19-59(51)45-63)61-35-29-57(30-36-61)55-25-21-53(22-26-55)49-13-5-3-6-14-49)41-43-67(69)68-44-42-66(48-70(68)71)73(64-40-34-52-18-10-12-20-60(52)46-64)62-37-31-58(32-38-62)56-27-23-54(24-28-56)50-15-7-4-8-16-50/h3-9,11-17,19-48H,10,18H2,1-2H3. The summed E-state index contributed by atoms with van der Waals surface area (Å²) in [5, 5.41) is 2.45. The van der Waals surface area contributed by atoms with Crippen LogP contribution in [0.4, 0.5) is 34.1 Å². The lowest BCUT2D eigenvalue weighted by Crippen LogP contribution is -2.17. The molecule has 0 heterocycles. The molecule has 0 unspecified atom stereocenters. The number of nitrogens with zero attached hydrogens (tertiary/aromatic N) is 2. The van der Waals surface area contributed by atoms with Crippen LogP contribution in [0.5, 0.6) is 0 Å². The third-order valence-electron chi connectivity index (χ3n) is 15.3.